The third-order valence-corrected chi connectivity index (χ3v) is 2.82. The Hall–Kier alpha value is -1.47. The highest BCUT2D eigenvalue weighted by Crippen LogP contribution is 2.43. The molecule has 0 N–H and O–H groups in total. The van der Waals surface area contributed by atoms with E-state index in [0.29, 0.717) is 0 Å². The summed E-state index contributed by atoms with van der Waals surface area (Å²) in [5, 5.41) is 3.46. The van der Waals surface area contributed by atoms with E-state index in [-0.39, 0.29) is 31.0 Å². The molecule has 1 fully saturated rings. The van der Waals surface area contributed by atoms with Gasteiger partial charge in [-0.3, -0.25) is 4.79 Å². The van der Waals surface area contributed by atoms with E-state index in [1.165, 1.54) is 0 Å². The molecule has 0 bridgehead atoms. The van der Waals surface area contributed by atoms with Crippen molar-refractivity contribution < 1.29 is 26.9 Å². The molecule has 1 atom stereocenters. The second-order valence-electron chi connectivity index (χ2n) is 4.29. The molecular formula is C10H10F4N2O2. The van der Waals surface area contributed by atoms with Crippen molar-refractivity contribution in [3.8, 4) is 0 Å². The zero-order valence-corrected chi connectivity index (χ0v) is 9.21. The molecule has 1 saturated carbocycles. The monoisotopic (exact) mass is 266 g/mol. The minimum Gasteiger partial charge on any atom is -0.339 e. The van der Waals surface area contributed by atoms with Gasteiger partial charge in [0.2, 0.25) is 17.6 Å². The summed E-state index contributed by atoms with van der Waals surface area (Å²) >= 11 is 0. The lowest BCUT2D eigenvalue weighted by Crippen LogP contribution is -2.13. The Labute approximate surface area is 99.4 Å². The summed E-state index contributed by atoms with van der Waals surface area (Å²) in [6.07, 6.45) is -4.19. The van der Waals surface area contributed by atoms with Gasteiger partial charge in [0.1, 0.15) is 0 Å². The second-order valence-corrected chi connectivity index (χ2v) is 4.29. The van der Waals surface area contributed by atoms with E-state index in [1.54, 1.807) is 0 Å². The van der Waals surface area contributed by atoms with Crippen molar-refractivity contribution >= 4 is 5.78 Å². The average molecular weight is 266 g/mol. The maximum Gasteiger partial charge on any atom is 0.296 e. The summed E-state index contributed by atoms with van der Waals surface area (Å²) in [6.45, 7) is 0. The molecule has 1 unspecified atom stereocenters. The Morgan fingerprint density at radius 3 is 2.78 bits per heavy atom. The highest BCUT2D eigenvalue weighted by molar-refractivity contribution is 5.82. The van der Waals surface area contributed by atoms with Gasteiger partial charge in [-0.15, -0.1) is 0 Å². The van der Waals surface area contributed by atoms with Gasteiger partial charge in [0.25, 0.3) is 6.43 Å². The summed E-state index contributed by atoms with van der Waals surface area (Å²) in [5.74, 6) is -4.82. The lowest BCUT2D eigenvalue weighted by Gasteiger charge is -2.06. The van der Waals surface area contributed by atoms with Gasteiger partial charge in [0.15, 0.2) is 5.82 Å². The molecule has 1 aliphatic rings. The predicted octanol–water partition coefficient (Wildman–Crippen LogP) is 2.35. The fourth-order valence-electron chi connectivity index (χ4n) is 1.90. The van der Waals surface area contributed by atoms with E-state index in [9.17, 15) is 22.4 Å². The smallest absolute Gasteiger partial charge is 0.296 e. The maximum absolute atomic E-state index is 13.0. The van der Waals surface area contributed by atoms with Gasteiger partial charge >= 0.3 is 0 Å². The minimum absolute atomic E-state index is 0.0595. The van der Waals surface area contributed by atoms with Crippen LogP contribution in [0.4, 0.5) is 17.6 Å². The van der Waals surface area contributed by atoms with Crippen LogP contribution >= 0.6 is 0 Å². The average Bonchev–Trinajstić information content (AvgIpc) is 2.84. The molecular weight excluding hydrogens is 256 g/mol. The first-order valence-electron chi connectivity index (χ1n) is 5.38. The Morgan fingerprint density at radius 2 is 2.22 bits per heavy atom. The normalized spacial score (nSPS) is 22.6. The second kappa shape index (κ2) is 4.66. The molecule has 100 valence electrons. The lowest BCUT2D eigenvalue weighted by molar-refractivity contribution is -0.129. The van der Waals surface area contributed by atoms with E-state index in [4.69, 9.17) is 0 Å². The van der Waals surface area contributed by atoms with Crippen LogP contribution in [0.25, 0.3) is 0 Å². The molecule has 0 spiro atoms. The van der Waals surface area contributed by atoms with Crippen molar-refractivity contribution in [1.29, 1.82) is 0 Å². The van der Waals surface area contributed by atoms with Crippen molar-refractivity contribution in [2.24, 2.45) is 0 Å². The van der Waals surface area contributed by atoms with Gasteiger partial charge in [0.05, 0.1) is 6.42 Å². The number of rotatable bonds is 4. The summed E-state index contributed by atoms with van der Waals surface area (Å²) in [6, 6.07) is 0. The minimum atomic E-state index is -3.10. The quantitative estimate of drug-likeness (QED) is 0.785. The van der Waals surface area contributed by atoms with Crippen molar-refractivity contribution in [1.82, 2.24) is 10.1 Å². The Bertz CT molecular complexity index is 447. The number of Topliss-reactive ketones (excluding diaryl/α,β-unsaturated/α-hetero) is 1. The number of nitrogens with zero attached hydrogens (tertiary/aromatic N) is 2. The zero-order valence-electron chi connectivity index (χ0n) is 9.21. The van der Waals surface area contributed by atoms with Crippen molar-refractivity contribution in [2.45, 2.75) is 43.9 Å². The van der Waals surface area contributed by atoms with Crippen LogP contribution in [0.5, 0.6) is 0 Å². The van der Waals surface area contributed by atoms with Crippen molar-refractivity contribution in [3.05, 3.63) is 11.7 Å². The molecule has 1 heterocycles. The molecule has 0 saturated heterocycles. The number of halogens is 4. The molecule has 0 aromatic carbocycles. The van der Waals surface area contributed by atoms with Gasteiger partial charge in [-0.1, -0.05) is 5.16 Å². The number of aromatic nitrogens is 2. The fourth-order valence-corrected chi connectivity index (χ4v) is 1.90. The van der Waals surface area contributed by atoms with E-state index in [1.807, 2.05) is 0 Å². The fraction of sp³-hybridized carbons (Fsp3) is 0.700. The molecule has 1 aromatic rings. The summed E-state index contributed by atoms with van der Waals surface area (Å²) in [7, 11) is 0. The van der Waals surface area contributed by atoms with Gasteiger partial charge in [-0.2, -0.15) is 4.98 Å². The van der Waals surface area contributed by atoms with Crippen LogP contribution in [-0.4, -0.2) is 28.3 Å². The Kier molecular flexibility index (Phi) is 3.36. The molecule has 0 radical (unpaired) electrons. The van der Waals surface area contributed by atoms with Gasteiger partial charge in [-0.05, 0) is 6.42 Å². The molecule has 0 amide bonds. The van der Waals surface area contributed by atoms with Crippen LogP contribution < -0.4 is 0 Å². The van der Waals surface area contributed by atoms with E-state index in [2.05, 4.69) is 14.7 Å². The molecule has 1 aliphatic carbocycles. The van der Waals surface area contributed by atoms with Crippen LogP contribution in [0.2, 0.25) is 0 Å². The van der Waals surface area contributed by atoms with E-state index in [0.717, 1.165) is 0 Å². The summed E-state index contributed by atoms with van der Waals surface area (Å²) < 4.78 is 54.5. The van der Waals surface area contributed by atoms with Gasteiger partial charge in [0, 0.05) is 18.8 Å². The highest BCUT2D eigenvalue weighted by Gasteiger charge is 2.42. The molecule has 1 aromatic heterocycles. The third-order valence-electron chi connectivity index (χ3n) is 2.82. The van der Waals surface area contributed by atoms with Crippen LogP contribution in [-0.2, 0) is 11.2 Å². The molecule has 0 aliphatic heterocycles. The van der Waals surface area contributed by atoms with Crippen LogP contribution in [0.15, 0.2) is 4.52 Å². The van der Waals surface area contributed by atoms with Crippen LogP contribution in [0, 0.1) is 0 Å². The topological polar surface area (TPSA) is 56.0 Å². The standard InChI is InChI=1S/C10H10F4N2O2/c11-8(12)6(17)3-7-15-9(16-18-7)5-1-2-10(13,14)4-5/h5,8H,1-4H2. The van der Waals surface area contributed by atoms with Crippen LogP contribution in [0.3, 0.4) is 0 Å². The SMILES string of the molecule is O=C(Cc1nc(C2CCC(F)(F)C2)no1)C(F)F. The molecule has 4 nitrogen and oxygen atoms in total. The molecule has 8 heteroatoms. The molecule has 18 heavy (non-hydrogen) atoms. The molecule has 2 rings (SSSR count). The Morgan fingerprint density at radius 1 is 1.50 bits per heavy atom. The summed E-state index contributed by atoms with van der Waals surface area (Å²) in [5.41, 5.74) is 0. The van der Waals surface area contributed by atoms with Crippen molar-refractivity contribution in [2.75, 3.05) is 0 Å². The first-order chi connectivity index (χ1) is 8.37. The number of hydrogen-bond donors (Lipinski definition) is 0. The van der Waals surface area contributed by atoms with E-state index >= 15 is 0 Å². The Balaban J connectivity index is 2.01. The largest absolute Gasteiger partial charge is 0.339 e. The summed E-state index contributed by atoms with van der Waals surface area (Å²) in [4.78, 5) is 14.5. The number of hydrogen-bond acceptors (Lipinski definition) is 4. The number of carbonyl (C=O) groups is 1. The number of carbonyl (C=O) groups excluding carboxylic acids is 1. The highest BCUT2D eigenvalue weighted by atomic mass is 19.3. The number of ketones is 1. The lowest BCUT2D eigenvalue weighted by atomic mass is 10.1. The third kappa shape index (κ3) is 2.85. The van der Waals surface area contributed by atoms with E-state index < -0.39 is 30.5 Å². The zero-order chi connectivity index (χ0) is 13.3. The van der Waals surface area contributed by atoms with Gasteiger partial charge < -0.3 is 4.52 Å². The predicted molar refractivity (Wildman–Crippen MR) is 50.6 cm³/mol. The first kappa shape index (κ1) is 13.0. The van der Waals surface area contributed by atoms with Gasteiger partial charge in [-0.25, -0.2) is 17.6 Å². The van der Waals surface area contributed by atoms with Crippen molar-refractivity contribution in [3.63, 3.8) is 0 Å². The first-order valence-corrected chi connectivity index (χ1v) is 5.38. The maximum atomic E-state index is 13.0. The number of alkyl halides is 4. The van der Waals surface area contributed by atoms with Crippen LogP contribution in [0.1, 0.15) is 36.9 Å².